The van der Waals surface area contributed by atoms with Gasteiger partial charge in [-0.15, -0.1) is 0 Å². The van der Waals surface area contributed by atoms with Gasteiger partial charge in [0.05, 0.1) is 4.90 Å². The number of hydrogen-bond acceptors (Lipinski definition) is 4. The predicted octanol–water partition coefficient (Wildman–Crippen LogP) is 4.48. The Labute approximate surface area is 180 Å². The number of sulfone groups is 1. The highest BCUT2D eigenvalue weighted by atomic mass is 32.2. The van der Waals surface area contributed by atoms with Crippen LogP contribution in [0.4, 0.5) is 8.78 Å². The van der Waals surface area contributed by atoms with Crippen LogP contribution in [0.5, 0.6) is 0 Å². The smallest absolute Gasteiger partial charge is 0.330 e. The van der Waals surface area contributed by atoms with E-state index in [1.54, 1.807) is 23.4 Å². The van der Waals surface area contributed by atoms with Crippen LogP contribution in [-0.4, -0.2) is 30.0 Å². The van der Waals surface area contributed by atoms with Crippen molar-refractivity contribution in [2.24, 2.45) is 0 Å². The number of nitrogens with zero attached hydrogens (tertiary/aromatic N) is 2. The minimum Gasteiger partial charge on any atom is -0.330 e. The molecule has 0 radical (unpaired) electrons. The number of halogens is 2. The third-order valence-corrected chi connectivity index (χ3v) is 6.25. The second kappa shape index (κ2) is 9.78. The van der Waals surface area contributed by atoms with Crippen LogP contribution in [0.3, 0.4) is 0 Å². The van der Waals surface area contributed by atoms with Gasteiger partial charge in [0.15, 0.2) is 0 Å². The fourth-order valence-electron chi connectivity index (χ4n) is 3.08. The average Bonchev–Trinajstić information content (AvgIpc) is 2.79. The summed E-state index contributed by atoms with van der Waals surface area (Å²) in [5, 5.41) is 0. The summed E-state index contributed by atoms with van der Waals surface area (Å²) >= 11 is 0. The molecule has 0 spiro atoms. The van der Waals surface area contributed by atoms with Gasteiger partial charge in [0.1, 0.15) is 0 Å². The van der Waals surface area contributed by atoms with Crippen LogP contribution in [-0.2, 0) is 29.3 Å². The monoisotopic (exact) mass is 444 g/mol. The van der Waals surface area contributed by atoms with Crippen LogP contribution in [0.1, 0.15) is 34.0 Å². The second-order valence-corrected chi connectivity index (χ2v) is 8.94. The molecule has 1 amide bonds. The van der Waals surface area contributed by atoms with E-state index in [4.69, 9.17) is 0 Å². The Bertz CT molecular complexity index is 1120. The summed E-state index contributed by atoms with van der Waals surface area (Å²) in [6.07, 6.45) is 4.21. The Hall–Kier alpha value is -3.13. The number of alkyl halides is 2. The maximum atomic E-state index is 13.2. The summed E-state index contributed by atoms with van der Waals surface area (Å²) in [4.78, 5) is 18.3. The fourth-order valence-corrected chi connectivity index (χ4v) is 3.81. The van der Waals surface area contributed by atoms with Gasteiger partial charge in [-0.25, -0.2) is 8.42 Å². The van der Waals surface area contributed by atoms with Crippen molar-refractivity contribution in [1.82, 2.24) is 9.88 Å². The number of aryl methyl sites for hydroxylation is 1. The van der Waals surface area contributed by atoms with E-state index in [-0.39, 0.29) is 11.5 Å². The third-order valence-electron chi connectivity index (χ3n) is 4.85. The minimum absolute atomic E-state index is 0.210. The van der Waals surface area contributed by atoms with E-state index >= 15 is 0 Å². The molecule has 8 heteroatoms. The van der Waals surface area contributed by atoms with Crippen molar-refractivity contribution in [3.63, 3.8) is 0 Å². The zero-order chi connectivity index (χ0) is 22.4. The number of carbonyl (C=O) groups is 1. The van der Waals surface area contributed by atoms with E-state index in [9.17, 15) is 22.0 Å². The minimum atomic E-state index is -4.71. The second-order valence-electron chi connectivity index (χ2n) is 7.02. The van der Waals surface area contributed by atoms with Gasteiger partial charge in [-0.3, -0.25) is 9.78 Å². The van der Waals surface area contributed by atoms with E-state index in [1.165, 1.54) is 17.7 Å². The van der Waals surface area contributed by atoms with Crippen molar-refractivity contribution in [2.75, 3.05) is 0 Å². The first kappa shape index (κ1) is 22.6. The molecule has 3 aromatic rings. The Morgan fingerprint density at radius 3 is 2.10 bits per heavy atom. The van der Waals surface area contributed by atoms with E-state index in [0.717, 1.165) is 29.7 Å². The van der Waals surface area contributed by atoms with Gasteiger partial charge in [0.25, 0.3) is 5.91 Å². The zero-order valence-electron chi connectivity index (χ0n) is 16.9. The van der Waals surface area contributed by atoms with Crippen molar-refractivity contribution < 1.29 is 22.0 Å². The molecule has 162 valence electrons. The number of amides is 1. The van der Waals surface area contributed by atoms with E-state index in [0.29, 0.717) is 13.1 Å². The van der Waals surface area contributed by atoms with E-state index < -0.39 is 20.5 Å². The molecule has 5 nitrogen and oxygen atoms in total. The molecule has 0 N–H and O–H groups in total. The van der Waals surface area contributed by atoms with Crippen molar-refractivity contribution in [3.8, 4) is 0 Å². The number of rotatable bonds is 8. The molecular formula is C23H22F2N2O3S. The molecule has 0 fully saturated rings. The van der Waals surface area contributed by atoms with Gasteiger partial charge < -0.3 is 4.90 Å². The first-order valence-electron chi connectivity index (χ1n) is 9.69. The van der Waals surface area contributed by atoms with E-state index in [2.05, 4.69) is 11.9 Å². The quantitative estimate of drug-likeness (QED) is 0.514. The lowest BCUT2D eigenvalue weighted by Gasteiger charge is -2.23. The highest BCUT2D eigenvalue weighted by molar-refractivity contribution is 7.91. The van der Waals surface area contributed by atoms with Gasteiger partial charge in [-0.1, -0.05) is 37.3 Å². The van der Waals surface area contributed by atoms with Crippen LogP contribution in [0.15, 0.2) is 78.0 Å². The number of aromatic nitrogens is 1. The molecule has 1 aromatic heterocycles. The molecule has 0 aliphatic heterocycles. The van der Waals surface area contributed by atoms with Crippen LogP contribution >= 0.6 is 0 Å². The number of hydrogen-bond donors (Lipinski definition) is 0. The molecule has 2 aromatic carbocycles. The number of pyridine rings is 1. The standard InChI is InChI=1S/C23H22F2N2O3S/c1-2-17-5-7-18(8-6-17)15-27(16-19-4-3-13-26-14-19)22(28)20-9-11-21(12-10-20)31(29,30)23(24)25/h3-14,23H,2,15-16H2,1H3. The van der Waals surface area contributed by atoms with Crippen LogP contribution < -0.4 is 0 Å². The van der Waals surface area contributed by atoms with Crippen LogP contribution in [0.25, 0.3) is 0 Å². The number of carbonyl (C=O) groups excluding carboxylic acids is 1. The van der Waals surface area contributed by atoms with Crippen molar-refractivity contribution in [3.05, 3.63) is 95.3 Å². The average molecular weight is 445 g/mol. The lowest BCUT2D eigenvalue weighted by molar-refractivity contribution is 0.0730. The number of benzene rings is 2. The molecule has 0 aliphatic carbocycles. The molecule has 0 atom stereocenters. The third kappa shape index (κ3) is 5.52. The molecule has 0 saturated carbocycles. The summed E-state index contributed by atoms with van der Waals surface area (Å²) in [5.41, 5.74) is 3.16. The fraction of sp³-hybridized carbons (Fsp3) is 0.217. The van der Waals surface area contributed by atoms with Gasteiger partial charge in [0, 0.05) is 31.0 Å². The van der Waals surface area contributed by atoms with Gasteiger partial charge in [-0.2, -0.15) is 8.78 Å². The Morgan fingerprint density at radius 2 is 1.55 bits per heavy atom. The Balaban J connectivity index is 1.87. The molecule has 31 heavy (non-hydrogen) atoms. The van der Waals surface area contributed by atoms with Crippen molar-refractivity contribution in [2.45, 2.75) is 37.1 Å². The van der Waals surface area contributed by atoms with Gasteiger partial charge in [0.2, 0.25) is 9.84 Å². The Kier molecular flexibility index (Phi) is 7.12. The molecule has 0 unspecified atom stereocenters. The predicted molar refractivity (Wildman–Crippen MR) is 113 cm³/mol. The molecular weight excluding hydrogens is 422 g/mol. The lowest BCUT2D eigenvalue weighted by atomic mass is 10.1. The molecule has 0 bridgehead atoms. The molecule has 1 heterocycles. The first-order chi connectivity index (χ1) is 14.8. The summed E-state index contributed by atoms with van der Waals surface area (Å²) < 4.78 is 48.8. The maximum Gasteiger partial charge on any atom is 0.341 e. The normalized spacial score (nSPS) is 11.5. The highest BCUT2D eigenvalue weighted by Gasteiger charge is 2.27. The molecule has 3 rings (SSSR count). The van der Waals surface area contributed by atoms with E-state index in [1.807, 2.05) is 30.3 Å². The Morgan fingerprint density at radius 1 is 0.935 bits per heavy atom. The SMILES string of the molecule is CCc1ccc(CN(Cc2cccnc2)C(=O)c2ccc(S(=O)(=O)C(F)F)cc2)cc1. The topological polar surface area (TPSA) is 67.3 Å². The summed E-state index contributed by atoms with van der Waals surface area (Å²) in [6, 6.07) is 16.1. The van der Waals surface area contributed by atoms with Gasteiger partial charge >= 0.3 is 5.76 Å². The molecule has 0 aliphatic rings. The first-order valence-corrected chi connectivity index (χ1v) is 11.2. The summed E-state index contributed by atoms with van der Waals surface area (Å²) in [6.45, 7) is 2.68. The van der Waals surface area contributed by atoms with Crippen molar-refractivity contribution in [1.29, 1.82) is 0 Å². The van der Waals surface area contributed by atoms with Crippen LogP contribution in [0.2, 0.25) is 0 Å². The van der Waals surface area contributed by atoms with Crippen LogP contribution in [0, 0.1) is 0 Å². The largest absolute Gasteiger partial charge is 0.341 e. The summed E-state index contributed by atoms with van der Waals surface area (Å²) in [5.74, 6) is -3.85. The zero-order valence-corrected chi connectivity index (χ0v) is 17.7. The highest BCUT2D eigenvalue weighted by Crippen LogP contribution is 2.20. The molecule has 0 saturated heterocycles. The van der Waals surface area contributed by atoms with Gasteiger partial charge in [-0.05, 0) is 53.4 Å². The maximum absolute atomic E-state index is 13.2. The van der Waals surface area contributed by atoms with Crippen molar-refractivity contribution >= 4 is 15.7 Å². The lowest BCUT2D eigenvalue weighted by Crippen LogP contribution is -2.30. The summed E-state index contributed by atoms with van der Waals surface area (Å²) in [7, 11) is -4.71.